The number of benzene rings is 1. The van der Waals surface area contributed by atoms with Gasteiger partial charge in [0.05, 0.1) is 11.9 Å². The number of piperazine rings is 1. The van der Waals surface area contributed by atoms with Gasteiger partial charge >= 0.3 is 0 Å². The first-order valence-corrected chi connectivity index (χ1v) is 24.2. The molecule has 0 spiro atoms. The van der Waals surface area contributed by atoms with E-state index in [4.69, 9.17) is 9.97 Å². The number of carbonyl (C=O) groups excluding carboxylic acids is 4. The average Bonchev–Trinajstić information content (AvgIpc) is 4.07. The number of nitrogens with zero attached hydrogens (tertiary/aromatic N) is 10. The maximum absolute atomic E-state index is 13.2. The molecule has 1 aliphatic carbocycles. The van der Waals surface area contributed by atoms with Crippen LogP contribution < -0.4 is 20.4 Å². The van der Waals surface area contributed by atoms with Gasteiger partial charge in [-0.1, -0.05) is 12.8 Å². The zero-order valence-corrected chi connectivity index (χ0v) is 38.1. The number of carbonyl (C=O) groups is 4. The summed E-state index contributed by atoms with van der Waals surface area (Å²) in [5, 5.41) is 6.58. The van der Waals surface area contributed by atoms with Crippen molar-refractivity contribution in [2.24, 2.45) is 11.8 Å². The molecule has 344 valence electrons. The van der Waals surface area contributed by atoms with Crippen molar-refractivity contribution in [3.05, 3.63) is 65.6 Å². The molecule has 4 aromatic rings. The Kier molecular flexibility index (Phi) is 12.5. The molecule has 5 aliphatic heterocycles. The Morgan fingerprint density at radius 1 is 0.769 bits per heavy atom. The van der Waals surface area contributed by atoms with Crippen molar-refractivity contribution in [3.63, 3.8) is 0 Å². The Labute approximate surface area is 381 Å². The molecule has 16 heteroatoms. The van der Waals surface area contributed by atoms with Gasteiger partial charge in [-0.05, 0) is 118 Å². The number of anilines is 4. The van der Waals surface area contributed by atoms with Crippen LogP contribution in [0.4, 0.5) is 23.1 Å². The summed E-state index contributed by atoms with van der Waals surface area (Å²) in [5.74, 6) is 1.99. The summed E-state index contributed by atoms with van der Waals surface area (Å²) < 4.78 is 2.14. The van der Waals surface area contributed by atoms with Crippen LogP contribution in [-0.2, 0) is 16.1 Å². The van der Waals surface area contributed by atoms with Crippen LogP contribution in [0.5, 0.6) is 0 Å². The Morgan fingerprint density at radius 3 is 2.15 bits per heavy atom. The number of fused-ring (bicyclic) bond motifs is 2. The third-order valence-electron chi connectivity index (χ3n) is 15.2. The molecule has 1 saturated carbocycles. The molecule has 4 amide bonds. The molecule has 1 atom stereocenters. The summed E-state index contributed by atoms with van der Waals surface area (Å²) in [6.07, 6.45) is 15.1. The second-order valence-electron chi connectivity index (χ2n) is 19.6. The van der Waals surface area contributed by atoms with Gasteiger partial charge in [-0.2, -0.15) is 4.98 Å². The van der Waals surface area contributed by atoms with E-state index in [9.17, 15) is 19.2 Å². The van der Waals surface area contributed by atoms with Crippen LogP contribution in [0.2, 0.25) is 0 Å². The summed E-state index contributed by atoms with van der Waals surface area (Å²) in [6, 6.07) is 11.9. The van der Waals surface area contributed by atoms with E-state index in [1.165, 1.54) is 45.2 Å². The van der Waals surface area contributed by atoms with Crippen LogP contribution in [0.3, 0.4) is 0 Å². The predicted octanol–water partition coefficient (Wildman–Crippen LogP) is 5.29. The normalized spacial score (nSPS) is 22.0. The van der Waals surface area contributed by atoms with Crippen molar-refractivity contribution in [1.29, 1.82) is 0 Å². The monoisotopic (exact) mass is 885 g/mol. The average molecular weight is 885 g/mol. The molecule has 8 heterocycles. The Morgan fingerprint density at radius 2 is 1.46 bits per heavy atom. The SMILES string of the molecule is CN(C)C(=O)c1cc2cnc(Nc3ccc(N4CCN(CCN5CCC(CC6CCN(c7ccc8c(c7)CN(C7CCC(=O)NC7=O)C8=O)CC6)CC5)CC4)cn3)nc2n1C1CCCC1. The van der Waals surface area contributed by atoms with Crippen LogP contribution in [0.15, 0.2) is 48.8 Å². The van der Waals surface area contributed by atoms with E-state index in [0.717, 1.165) is 118 Å². The van der Waals surface area contributed by atoms with Crippen molar-refractivity contribution < 1.29 is 19.2 Å². The zero-order valence-electron chi connectivity index (χ0n) is 38.1. The van der Waals surface area contributed by atoms with Gasteiger partial charge < -0.3 is 34.4 Å². The lowest BCUT2D eigenvalue weighted by molar-refractivity contribution is -0.136. The van der Waals surface area contributed by atoms with Crippen molar-refractivity contribution >= 4 is 57.8 Å². The Bertz CT molecular complexity index is 2390. The number of likely N-dealkylation sites (tertiary alicyclic amines) is 1. The predicted molar refractivity (Wildman–Crippen MR) is 250 cm³/mol. The number of imide groups is 1. The van der Waals surface area contributed by atoms with Crippen LogP contribution >= 0.6 is 0 Å². The Balaban J connectivity index is 0.633. The second-order valence-corrected chi connectivity index (χ2v) is 19.6. The molecule has 65 heavy (non-hydrogen) atoms. The second kappa shape index (κ2) is 18.7. The molecule has 10 rings (SSSR count). The van der Waals surface area contributed by atoms with Gasteiger partial charge in [0.25, 0.3) is 11.8 Å². The van der Waals surface area contributed by atoms with Crippen molar-refractivity contribution in [3.8, 4) is 0 Å². The van der Waals surface area contributed by atoms with Gasteiger partial charge in [0.15, 0.2) is 0 Å². The molecule has 0 bridgehead atoms. The quantitative estimate of drug-likeness (QED) is 0.178. The number of aromatic nitrogens is 4. The maximum atomic E-state index is 13.2. The molecule has 0 radical (unpaired) electrons. The minimum atomic E-state index is -0.579. The van der Waals surface area contributed by atoms with Crippen LogP contribution in [0, 0.1) is 11.8 Å². The fourth-order valence-corrected chi connectivity index (χ4v) is 11.4. The van der Waals surface area contributed by atoms with Crippen molar-refractivity contribution in [1.82, 2.24) is 44.4 Å². The summed E-state index contributed by atoms with van der Waals surface area (Å²) in [5.41, 5.74) is 5.41. The van der Waals surface area contributed by atoms with E-state index in [-0.39, 0.29) is 36.1 Å². The smallest absolute Gasteiger partial charge is 0.270 e. The topological polar surface area (TPSA) is 155 Å². The highest BCUT2D eigenvalue weighted by Gasteiger charge is 2.39. The number of amides is 4. The van der Waals surface area contributed by atoms with E-state index < -0.39 is 6.04 Å². The summed E-state index contributed by atoms with van der Waals surface area (Å²) in [7, 11) is 3.58. The van der Waals surface area contributed by atoms with Crippen molar-refractivity contribution in [2.75, 3.05) is 94.7 Å². The fourth-order valence-electron chi connectivity index (χ4n) is 11.4. The van der Waals surface area contributed by atoms with Crippen LogP contribution in [0.1, 0.15) is 103 Å². The summed E-state index contributed by atoms with van der Waals surface area (Å²) >= 11 is 0. The van der Waals surface area contributed by atoms with E-state index in [1.54, 1.807) is 30.1 Å². The fraction of sp³-hybridized carbons (Fsp3) is 0.571. The lowest BCUT2D eigenvalue weighted by atomic mass is 9.82. The van der Waals surface area contributed by atoms with E-state index >= 15 is 0 Å². The van der Waals surface area contributed by atoms with Gasteiger partial charge in [-0.3, -0.25) is 29.4 Å². The maximum Gasteiger partial charge on any atom is 0.270 e. The molecule has 1 aromatic carbocycles. The number of rotatable bonds is 12. The largest absolute Gasteiger partial charge is 0.372 e. The molecule has 2 N–H and O–H groups in total. The number of nitrogens with one attached hydrogen (secondary N) is 2. The number of hydrogen-bond acceptors (Lipinski definition) is 12. The van der Waals surface area contributed by atoms with Gasteiger partial charge in [0.1, 0.15) is 23.2 Å². The van der Waals surface area contributed by atoms with E-state index in [2.05, 4.69) is 58.0 Å². The molecule has 4 saturated heterocycles. The van der Waals surface area contributed by atoms with Crippen molar-refractivity contribution in [2.45, 2.75) is 89.3 Å². The highest BCUT2D eigenvalue weighted by atomic mass is 16.2. The first kappa shape index (κ1) is 43.3. The number of pyridine rings is 1. The van der Waals surface area contributed by atoms with Gasteiger partial charge in [0, 0.05) is 108 Å². The zero-order chi connectivity index (χ0) is 44.6. The molecule has 5 fully saturated rings. The van der Waals surface area contributed by atoms with Gasteiger partial charge in [-0.15, -0.1) is 0 Å². The van der Waals surface area contributed by atoms with Gasteiger partial charge in [-0.25, -0.2) is 9.97 Å². The highest BCUT2D eigenvalue weighted by molar-refractivity contribution is 6.05. The molecular weight excluding hydrogens is 821 g/mol. The van der Waals surface area contributed by atoms with E-state index in [0.29, 0.717) is 36.0 Å². The van der Waals surface area contributed by atoms with Crippen LogP contribution in [-0.4, -0.2) is 148 Å². The number of hydrogen-bond donors (Lipinski definition) is 2. The van der Waals surface area contributed by atoms with Crippen LogP contribution in [0.25, 0.3) is 11.0 Å². The van der Waals surface area contributed by atoms with E-state index in [1.807, 2.05) is 24.4 Å². The molecule has 3 aromatic heterocycles. The third-order valence-corrected chi connectivity index (χ3v) is 15.2. The molecule has 6 aliphatic rings. The molecular formula is C49H64N12O4. The number of piperidine rings is 3. The lowest BCUT2D eigenvalue weighted by Crippen LogP contribution is -2.52. The Hall–Kier alpha value is -5.61. The minimum absolute atomic E-state index is 0.0139. The molecule has 16 nitrogen and oxygen atoms in total. The highest BCUT2D eigenvalue weighted by Crippen LogP contribution is 2.37. The standard InChI is InChI=1S/C49H64N12O4/c1-55(2)48(65)42-29-35-30-51-49(54-45(35)61(42)37-5-3-4-6-37)52-43-11-8-39(31-50-43)59-25-23-57(24-26-59)22-21-56-17-13-33(14-18-56)27-34-15-19-58(20-16-34)38-7-9-40-36(28-38)32-60(47(40)64)41-10-12-44(62)53-46(41)63/h7-9,11,28-31,33-34,37,41H,3-6,10,12-27,32H2,1-2H3,(H,53,62,63)(H,50,51,52,54). The molecule has 1 unspecified atom stereocenters. The summed E-state index contributed by atoms with van der Waals surface area (Å²) in [4.78, 5) is 78.1. The van der Waals surface area contributed by atoms with Gasteiger partial charge in [0.2, 0.25) is 17.8 Å². The lowest BCUT2D eigenvalue weighted by Gasteiger charge is -2.39. The first-order chi connectivity index (χ1) is 31.6. The third kappa shape index (κ3) is 9.29. The minimum Gasteiger partial charge on any atom is -0.372 e. The summed E-state index contributed by atoms with van der Waals surface area (Å²) in [6.45, 7) is 11.2. The first-order valence-electron chi connectivity index (χ1n) is 24.2.